The molecule has 0 saturated carbocycles. The minimum atomic E-state index is -0.474. The number of rotatable bonds is 9. The molecule has 0 bridgehead atoms. The van der Waals surface area contributed by atoms with Gasteiger partial charge < -0.3 is 19.1 Å². The first kappa shape index (κ1) is 20.8. The zero-order chi connectivity index (χ0) is 18.8. The molecule has 142 valence electrons. The van der Waals surface area contributed by atoms with Crippen LogP contribution in [0.4, 0.5) is 0 Å². The van der Waals surface area contributed by atoms with Crippen molar-refractivity contribution in [2.24, 2.45) is 0 Å². The Morgan fingerprint density at radius 3 is 2.00 bits per heavy atom. The van der Waals surface area contributed by atoms with Crippen LogP contribution < -0.4 is 0 Å². The van der Waals surface area contributed by atoms with Gasteiger partial charge in [0.15, 0.2) is 0 Å². The van der Waals surface area contributed by atoms with E-state index in [1.54, 1.807) is 14.7 Å². The molecule has 0 N–H and O–H groups in total. The molecule has 0 unspecified atom stereocenters. The molecule has 0 atom stereocenters. The largest absolute Gasteiger partial charge is 0.468 e. The molecular formula is C15H25N3O7. The number of carbonyl (C=O) groups excluding carboxylic acids is 4. The molecular weight excluding hydrogens is 334 g/mol. The van der Waals surface area contributed by atoms with Crippen LogP contribution in [0.25, 0.3) is 0 Å². The lowest BCUT2D eigenvalue weighted by molar-refractivity contribution is -0.145. The third kappa shape index (κ3) is 7.48. The second kappa shape index (κ2) is 10.6. The number of esters is 3. The van der Waals surface area contributed by atoms with Crippen molar-refractivity contribution in [3.05, 3.63) is 0 Å². The summed E-state index contributed by atoms with van der Waals surface area (Å²) in [6, 6.07) is 0. The molecule has 0 aromatic carbocycles. The predicted octanol–water partition coefficient (Wildman–Crippen LogP) is -2.05. The number of methoxy groups -OCH3 is 3. The van der Waals surface area contributed by atoms with Gasteiger partial charge in [-0.05, 0) is 0 Å². The summed E-state index contributed by atoms with van der Waals surface area (Å²) >= 11 is 0. The van der Waals surface area contributed by atoms with E-state index in [1.807, 2.05) is 0 Å². The highest BCUT2D eigenvalue weighted by Gasteiger charge is 2.26. The molecule has 0 aromatic rings. The standard InChI is InChI=1S/C15H25N3O7/c1-23-13(20)9-16-4-6-18(12(19)8-16)7-5-17(10-14(21)24-2)11-15(22)25-3/h4-11H2,1-3H3. The monoisotopic (exact) mass is 359 g/mol. The van der Waals surface area contributed by atoms with Crippen LogP contribution in [0.15, 0.2) is 0 Å². The number of amides is 1. The highest BCUT2D eigenvalue weighted by atomic mass is 16.5. The van der Waals surface area contributed by atoms with E-state index in [1.165, 1.54) is 21.3 Å². The van der Waals surface area contributed by atoms with Gasteiger partial charge in [0.1, 0.15) is 0 Å². The minimum Gasteiger partial charge on any atom is -0.468 e. The van der Waals surface area contributed by atoms with E-state index in [-0.39, 0.29) is 38.1 Å². The van der Waals surface area contributed by atoms with Crippen LogP contribution >= 0.6 is 0 Å². The molecule has 0 radical (unpaired) electrons. The minimum absolute atomic E-state index is 0.0674. The predicted molar refractivity (Wildman–Crippen MR) is 85.5 cm³/mol. The maximum absolute atomic E-state index is 12.2. The van der Waals surface area contributed by atoms with E-state index in [0.29, 0.717) is 26.2 Å². The Kier molecular flexibility index (Phi) is 8.86. The Balaban J connectivity index is 2.50. The summed E-state index contributed by atoms with van der Waals surface area (Å²) < 4.78 is 13.8. The molecule has 25 heavy (non-hydrogen) atoms. The van der Waals surface area contributed by atoms with Crippen molar-refractivity contribution in [3.63, 3.8) is 0 Å². The first-order valence-electron chi connectivity index (χ1n) is 7.82. The van der Waals surface area contributed by atoms with Gasteiger partial charge in [-0.3, -0.25) is 29.0 Å². The number of hydrogen-bond donors (Lipinski definition) is 0. The summed E-state index contributed by atoms with van der Waals surface area (Å²) in [6.07, 6.45) is 0. The molecule has 10 heteroatoms. The van der Waals surface area contributed by atoms with E-state index < -0.39 is 11.9 Å². The van der Waals surface area contributed by atoms with Crippen molar-refractivity contribution in [1.29, 1.82) is 0 Å². The summed E-state index contributed by atoms with van der Waals surface area (Å²) in [7, 11) is 3.84. The summed E-state index contributed by atoms with van der Waals surface area (Å²) in [4.78, 5) is 51.2. The van der Waals surface area contributed by atoms with Crippen LogP contribution in [0.3, 0.4) is 0 Å². The van der Waals surface area contributed by atoms with Gasteiger partial charge >= 0.3 is 17.9 Å². The van der Waals surface area contributed by atoms with Crippen LogP contribution in [0.1, 0.15) is 0 Å². The lowest BCUT2D eigenvalue weighted by atomic mass is 10.3. The normalized spacial score (nSPS) is 15.2. The number of ether oxygens (including phenoxy) is 3. The molecule has 0 aromatic heterocycles. The fourth-order valence-corrected chi connectivity index (χ4v) is 2.35. The first-order chi connectivity index (χ1) is 11.9. The maximum Gasteiger partial charge on any atom is 0.319 e. The number of nitrogens with zero attached hydrogens (tertiary/aromatic N) is 3. The Morgan fingerprint density at radius 1 is 0.960 bits per heavy atom. The average Bonchev–Trinajstić information content (AvgIpc) is 2.60. The summed E-state index contributed by atoms with van der Waals surface area (Å²) in [5.41, 5.74) is 0. The second-order valence-electron chi connectivity index (χ2n) is 5.53. The Labute approximate surface area is 146 Å². The third-order valence-corrected chi connectivity index (χ3v) is 3.82. The number of piperazine rings is 1. The van der Waals surface area contributed by atoms with Gasteiger partial charge in [0.25, 0.3) is 0 Å². The molecule has 1 aliphatic heterocycles. The topological polar surface area (TPSA) is 106 Å². The molecule has 1 rings (SSSR count). The zero-order valence-electron chi connectivity index (χ0n) is 14.9. The van der Waals surface area contributed by atoms with Gasteiger partial charge in [0.2, 0.25) is 5.91 Å². The molecule has 1 heterocycles. The van der Waals surface area contributed by atoms with E-state index in [0.717, 1.165) is 0 Å². The van der Waals surface area contributed by atoms with Gasteiger partial charge in [0, 0.05) is 26.2 Å². The highest BCUT2D eigenvalue weighted by molar-refractivity contribution is 5.80. The van der Waals surface area contributed by atoms with Crippen LogP contribution in [0, 0.1) is 0 Å². The lowest BCUT2D eigenvalue weighted by Gasteiger charge is -2.34. The Morgan fingerprint density at radius 2 is 1.52 bits per heavy atom. The summed E-state index contributed by atoms with van der Waals surface area (Å²) in [5, 5.41) is 0. The zero-order valence-corrected chi connectivity index (χ0v) is 14.9. The Hall–Kier alpha value is -2.20. The smallest absolute Gasteiger partial charge is 0.319 e. The van der Waals surface area contributed by atoms with Crippen LogP contribution in [0.2, 0.25) is 0 Å². The molecule has 1 amide bonds. The second-order valence-corrected chi connectivity index (χ2v) is 5.53. The van der Waals surface area contributed by atoms with Crippen molar-refractivity contribution in [3.8, 4) is 0 Å². The van der Waals surface area contributed by atoms with E-state index in [2.05, 4.69) is 14.2 Å². The van der Waals surface area contributed by atoms with Crippen molar-refractivity contribution in [2.45, 2.75) is 0 Å². The van der Waals surface area contributed by atoms with Gasteiger partial charge in [-0.2, -0.15) is 0 Å². The average molecular weight is 359 g/mol. The van der Waals surface area contributed by atoms with Gasteiger partial charge in [-0.1, -0.05) is 0 Å². The fraction of sp³-hybridized carbons (Fsp3) is 0.733. The quantitative estimate of drug-likeness (QED) is 0.340. The lowest BCUT2D eigenvalue weighted by Crippen LogP contribution is -2.53. The van der Waals surface area contributed by atoms with Crippen LogP contribution in [-0.2, 0) is 33.4 Å². The molecule has 0 aliphatic carbocycles. The summed E-state index contributed by atoms with van der Waals surface area (Å²) in [6.45, 7) is 1.76. The fourth-order valence-electron chi connectivity index (χ4n) is 2.35. The number of carbonyl (C=O) groups is 4. The first-order valence-corrected chi connectivity index (χ1v) is 7.82. The number of hydrogen-bond acceptors (Lipinski definition) is 9. The molecule has 1 fully saturated rings. The highest BCUT2D eigenvalue weighted by Crippen LogP contribution is 2.04. The van der Waals surface area contributed by atoms with Crippen molar-refractivity contribution in [2.75, 3.05) is 73.7 Å². The van der Waals surface area contributed by atoms with E-state index in [4.69, 9.17) is 0 Å². The molecule has 0 spiro atoms. The van der Waals surface area contributed by atoms with Crippen molar-refractivity contribution >= 4 is 23.8 Å². The molecule has 1 saturated heterocycles. The van der Waals surface area contributed by atoms with E-state index in [9.17, 15) is 19.2 Å². The van der Waals surface area contributed by atoms with Gasteiger partial charge in [0.05, 0.1) is 47.5 Å². The van der Waals surface area contributed by atoms with Crippen LogP contribution in [0.5, 0.6) is 0 Å². The van der Waals surface area contributed by atoms with Crippen LogP contribution in [-0.4, -0.2) is 112 Å². The van der Waals surface area contributed by atoms with Crippen molar-refractivity contribution in [1.82, 2.24) is 14.7 Å². The SMILES string of the molecule is COC(=O)CN(CCN1CCN(CC(=O)OC)CC1=O)CC(=O)OC. The third-order valence-electron chi connectivity index (χ3n) is 3.82. The van der Waals surface area contributed by atoms with Crippen molar-refractivity contribution < 1.29 is 33.4 Å². The van der Waals surface area contributed by atoms with E-state index >= 15 is 0 Å². The molecule has 1 aliphatic rings. The summed E-state index contributed by atoms with van der Waals surface area (Å²) in [5.74, 6) is -1.45. The maximum atomic E-state index is 12.2. The molecule has 10 nitrogen and oxygen atoms in total. The Bertz CT molecular complexity index is 480. The van der Waals surface area contributed by atoms with Gasteiger partial charge in [-0.25, -0.2) is 0 Å². The van der Waals surface area contributed by atoms with Gasteiger partial charge in [-0.15, -0.1) is 0 Å².